The summed E-state index contributed by atoms with van der Waals surface area (Å²) >= 11 is 21.5. The first-order valence-corrected chi connectivity index (χ1v) is 5.84. The van der Waals surface area contributed by atoms with Crippen LogP contribution in [0.1, 0.15) is 20.7 Å². The van der Waals surface area contributed by atoms with Crippen molar-refractivity contribution in [1.82, 2.24) is 0 Å². The lowest BCUT2D eigenvalue weighted by Crippen LogP contribution is -2.17. The zero-order valence-electron chi connectivity index (χ0n) is 8.25. The molecule has 1 aromatic carbocycles. The average molecular weight is 316 g/mol. The maximum atomic E-state index is 11.5. The molecule has 0 aromatic heterocycles. The Morgan fingerprint density at radius 1 is 1.18 bits per heavy atom. The van der Waals surface area contributed by atoms with Crippen LogP contribution in [0.15, 0.2) is 24.3 Å². The van der Waals surface area contributed by atoms with Gasteiger partial charge < -0.3 is 4.74 Å². The topological polar surface area (TPSA) is 43.4 Å². The van der Waals surface area contributed by atoms with E-state index < -0.39 is 15.0 Å². The first-order chi connectivity index (χ1) is 7.79. The van der Waals surface area contributed by atoms with Gasteiger partial charge in [0, 0.05) is 5.56 Å². The van der Waals surface area contributed by atoms with E-state index in [1.807, 2.05) is 0 Å². The molecule has 0 saturated carbocycles. The van der Waals surface area contributed by atoms with Gasteiger partial charge in [-0.3, -0.25) is 4.79 Å². The zero-order chi connectivity index (χ0) is 13.1. The second kappa shape index (κ2) is 5.91. The summed E-state index contributed by atoms with van der Waals surface area (Å²) in [6.07, 6.45) is 0. The Balaban J connectivity index is 2.76. The van der Waals surface area contributed by atoms with E-state index in [2.05, 4.69) is 0 Å². The van der Waals surface area contributed by atoms with E-state index in [0.717, 1.165) is 0 Å². The molecule has 1 rings (SSSR count). The highest BCUT2D eigenvalue weighted by Gasteiger charge is 2.22. The van der Waals surface area contributed by atoms with E-state index in [1.165, 1.54) is 24.3 Å². The number of ether oxygens (including phenoxy) is 1. The molecule has 0 unspecified atom stereocenters. The van der Waals surface area contributed by atoms with Crippen molar-refractivity contribution in [2.75, 3.05) is 6.61 Å². The molecule has 0 radical (unpaired) electrons. The molecule has 0 amide bonds. The molecule has 0 N–H and O–H groups in total. The molecule has 1 aromatic rings. The number of hydrogen-bond acceptors (Lipinski definition) is 3. The Bertz CT molecular complexity index is 439. The lowest BCUT2D eigenvalue weighted by atomic mass is 10.1. The highest BCUT2D eigenvalue weighted by atomic mass is 35.6. The van der Waals surface area contributed by atoms with Crippen LogP contribution in [-0.2, 0) is 4.74 Å². The normalized spacial score (nSPS) is 11.1. The molecule has 0 spiro atoms. The number of carbonyl (C=O) groups excluding carboxylic acids is 2. The van der Waals surface area contributed by atoms with Gasteiger partial charge in [0.15, 0.2) is 0 Å². The molecule has 0 aliphatic heterocycles. The maximum absolute atomic E-state index is 11.5. The number of alkyl halides is 3. The Kier molecular flexibility index (Phi) is 5.07. The Morgan fingerprint density at radius 3 is 2.29 bits per heavy atom. The number of hydrogen-bond donors (Lipinski definition) is 0. The van der Waals surface area contributed by atoms with E-state index in [-0.39, 0.29) is 17.7 Å². The van der Waals surface area contributed by atoms with Crippen molar-refractivity contribution < 1.29 is 14.3 Å². The van der Waals surface area contributed by atoms with Crippen molar-refractivity contribution in [2.45, 2.75) is 3.79 Å². The minimum absolute atomic E-state index is 0.158. The molecule has 0 fully saturated rings. The van der Waals surface area contributed by atoms with Crippen molar-refractivity contribution in [1.29, 1.82) is 0 Å². The van der Waals surface area contributed by atoms with Crippen LogP contribution in [0.25, 0.3) is 0 Å². The van der Waals surface area contributed by atoms with E-state index >= 15 is 0 Å². The smallest absolute Gasteiger partial charge is 0.338 e. The third-order valence-electron chi connectivity index (χ3n) is 1.69. The SMILES string of the molecule is O=C(Cl)c1cccc(C(=O)OCC(Cl)(Cl)Cl)c1. The summed E-state index contributed by atoms with van der Waals surface area (Å²) < 4.78 is 3.07. The molecule has 0 heterocycles. The predicted octanol–water partition coefficient (Wildman–Crippen LogP) is 3.59. The lowest BCUT2D eigenvalue weighted by molar-refractivity contribution is 0.0512. The van der Waals surface area contributed by atoms with Crippen molar-refractivity contribution in [2.24, 2.45) is 0 Å². The third-order valence-corrected chi connectivity index (χ3v) is 2.24. The number of esters is 1. The van der Waals surface area contributed by atoms with Crippen LogP contribution >= 0.6 is 46.4 Å². The minimum Gasteiger partial charge on any atom is -0.458 e. The summed E-state index contributed by atoms with van der Waals surface area (Å²) in [5.41, 5.74) is 0.348. The Morgan fingerprint density at radius 2 is 1.76 bits per heavy atom. The van der Waals surface area contributed by atoms with E-state index in [1.54, 1.807) is 0 Å². The molecule has 7 heteroatoms. The number of halogens is 4. The Labute approximate surface area is 118 Å². The van der Waals surface area contributed by atoms with Gasteiger partial charge in [0.2, 0.25) is 3.79 Å². The van der Waals surface area contributed by atoms with E-state index in [0.29, 0.717) is 0 Å². The molecule has 0 aliphatic rings. The zero-order valence-corrected chi connectivity index (χ0v) is 11.3. The predicted molar refractivity (Wildman–Crippen MR) is 67.2 cm³/mol. The average Bonchev–Trinajstić information content (AvgIpc) is 2.25. The second-order valence-corrected chi connectivity index (χ2v) is 5.91. The number of carbonyl (C=O) groups is 2. The molecule has 17 heavy (non-hydrogen) atoms. The third kappa shape index (κ3) is 5.13. The second-order valence-electron chi connectivity index (χ2n) is 3.05. The number of benzene rings is 1. The fourth-order valence-electron chi connectivity index (χ4n) is 0.999. The Hall–Kier alpha value is -0.480. The first kappa shape index (κ1) is 14.6. The highest BCUT2D eigenvalue weighted by molar-refractivity contribution is 6.68. The summed E-state index contributed by atoms with van der Waals surface area (Å²) in [4.78, 5) is 22.4. The summed E-state index contributed by atoms with van der Waals surface area (Å²) in [6.45, 7) is -0.379. The van der Waals surface area contributed by atoms with Crippen LogP contribution in [0, 0.1) is 0 Å². The summed E-state index contributed by atoms with van der Waals surface area (Å²) in [7, 11) is 0. The molecular weight excluding hydrogens is 310 g/mol. The fourth-order valence-corrected chi connectivity index (χ4v) is 1.28. The first-order valence-electron chi connectivity index (χ1n) is 4.33. The van der Waals surface area contributed by atoms with Crippen LogP contribution in [0.5, 0.6) is 0 Å². The van der Waals surface area contributed by atoms with Crippen molar-refractivity contribution in [3.63, 3.8) is 0 Å². The van der Waals surface area contributed by atoms with Crippen LogP contribution in [0.3, 0.4) is 0 Å². The van der Waals surface area contributed by atoms with Gasteiger partial charge in [-0.2, -0.15) is 0 Å². The van der Waals surface area contributed by atoms with Crippen LogP contribution in [0.2, 0.25) is 0 Å². The van der Waals surface area contributed by atoms with Crippen molar-refractivity contribution in [3.8, 4) is 0 Å². The van der Waals surface area contributed by atoms with Gasteiger partial charge in [-0.05, 0) is 23.7 Å². The van der Waals surface area contributed by atoms with Gasteiger partial charge in [0.25, 0.3) is 5.24 Å². The quantitative estimate of drug-likeness (QED) is 0.486. The van der Waals surface area contributed by atoms with Gasteiger partial charge in [-0.25, -0.2) is 4.79 Å². The molecule has 0 atom stereocenters. The summed E-state index contributed by atoms with van der Waals surface area (Å²) in [5, 5.41) is -0.666. The lowest BCUT2D eigenvalue weighted by Gasteiger charge is -2.11. The van der Waals surface area contributed by atoms with E-state index in [9.17, 15) is 9.59 Å². The van der Waals surface area contributed by atoms with Gasteiger partial charge in [-0.1, -0.05) is 46.9 Å². The summed E-state index contributed by atoms with van der Waals surface area (Å²) in [5.74, 6) is -0.698. The number of rotatable bonds is 3. The van der Waals surface area contributed by atoms with E-state index in [4.69, 9.17) is 51.1 Å². The van der Waals surface area contributed by atoms with Crippen molar-refractivity contribution >= 4 is 57.6 Å². The molecule has 0 saturated heterocycles. The molecular formula is C10H6Cl4O3. The molecule has 0 bridgehead atoms. The van der Waals surface area contributed by atoms with Crippen LogP contribution in [-0.4, -0.2) is 21.6 Å². The highest BCUT2D eigenvalue weighted by Crippen LogP contribution is 2.26. The van der Waals surface area contributed by atoms with Crippen LogP contribution in [0.4, 0.5) is 0 Å². The maximum Gasteiger partial charge on any atom is 0.338 e. The standard InChI is InChI=1S/C10H6Cl4O3/c11-8(15)6-2-1-3-7(4-6)9(16)17-5-10(12,13)14/h1-4H,5H2. The molecule has 3 nitrogen and oxygen atoms in total. The molecule has 92 valence electrons. The van der Waals surface area contributed by atoms with Crippen molar-refractivity contribution in [3.05, 3.63) is 35.4 Å². The van der Waals surface area contributed by atoms with Crippen LogP contribution < -0.4 is 0 Å². The van der Waals surface area contributed by atoms with Gasteiger partial charge in [0.05, 0.1) is 5.56 Å². The van der Waals surface area contributed by atoms with Gasteiger partial charge in [0.1, 0.15) is 6.61 Å². The molecule has 0 aliphatic carbocycles. The monoisotopic (exact) mass is 314 g/mol. The van der Waals surface area contributed by atoms with Gasteiger partial charge in [-0.15, -0.1) is 0 Å². The fraction of sp³-hybridized carbons (Fsp3) is 0.200. The summed E-state index contributed by atoms with van der Waals surface area (Å²) in [6, 6.07) is 5.74. The minimum atomic E-state index is -1.67. The van der Waals surface area contributed by atoms with Gasteiger partial charge >= 0.3 is 5.97 Å². The largest absolute Gasteiger partial charge is 0.458 e.